The molecule has 0 unspecified atom stereocenters. The molecule has 0 heterocycles. The van der Waals surface area contributed by atoms with Crippen molar-refractivity contribution in [2.75, 3.05) is 24.3 Å². The van der Waals surface area contributed by atoms with E-state index in [0.717, 1.165) is 0 Å². The lowest BCUT2D eigenvalue weighted by atomic mass is 10.1. The van der Waals surface area contributed by atoms with E-state index < -0.39 is 0 Å². The molecule has 0 spiro atoms. The molecule has 2 aromatic carbocycles. The minimum Gasteiger partial charge on any atom is -0.497 e. The van der Waals surface area contributed by atoms with Gasteiger partial charge in [-0.05, 0) is 44.2 Å². The maximum atomic E-state index is 12.1. The normalized spacial score (nSPS) is 10.2. The fourth-order valence-corrected chi connectivity index (χ4v) is 2.20. The SMILES string of the molecule is COc1cccc(NC(=O)CNc2cccc(C(=O)NC(C)C)c2)c1. The number of nitrogens with one attached hydrogen (secondary N) is 3. The summed E-state index contributed by atoms with van der Waals surface area (Å²) >= 11 is 0. The standard InChI is InChI=1S/C19H23N3O3/c1-13(2)21-19(24)14-6-4-7-15(10-14)20-12-18(23)22-16-8-5-9-17(11-16)25-3/h4-11,13,20H,12H2,1-3H3,(H,21,24)(H,22,23). The van der Waals surface area contributed by atoms with Gasteiger partial charge < -0.3 is 20.7 Å². The number of rotatable bonds is 7. The molecule has 0 aliphatic heterocycles. The molecule has 6 heteroatoms. The Labute approximate surface area is 147 Å². The Hall–Kier alpha value is -3.02. The molecule has 3 N–H and O–H groups in total. The molecule has 0 aliphatic carbocycles. The van der Waals surface area contributed by atoms with Crippen molar-refractivity contribution in [1.29, 1.82) is 0 Å². The van der Waals surface area contributed by atoms with Gasteiger partial charge >= 0.3 is 0 Å². The summed E-state index contributed by atoms with van der Waals surface area (Å²) in [5, 5.41) is 8.64. The van der Waals surface area contributed by atoms with Crippen molar-refractivity contribution in [3.8, 4) is 5.75 Å². The van der Waals surface area contributed by atoms with Crippen LogP contribution in [0, 0.1) is 0 Å². The number of hydrogen-bond acceptors (Lipinski definition) is 4. The van der Waals surface area contributed by atoms with Gasteiger partial charge in [-0.1, -0.05) is 12.1 Å². The highest BCUT2D eigenvalue weighted by molar-refractivity contribution is 5.96. The second kappa shape index (κ2) is 8.73. The minimum absolute atomic E-state index is 0.0674. The zero-order valence-corrected chi connectivity index (χ0v) is 14.6. The van der Waals surface area contributed by atoms with E-state index in [1.807, 2.05) is 26.0 Å². The molecule has 0 aliphatic rings. The molecular weight excluding hydrogens is 318 g/mol. The lowest BCUT2D eigenvalue weighted by Gasteiger charge is -2.11. The molecule has 132 valence electrons. The van der Waals surface area contributed by atoms with E-state index in [4.69, 9.17) is 4.74 Å². The predicted molar refractivity (Wildman–Crippen MR) is 99.2 cm³/mol. The summed E-state index contributed by atoms with van der Waals surface area (Å²) in [5.74, 6) is 0.347. The fourth-order valence-electron chi connectivity index (χ4n) is 2.20. The molecule has 0 saturated carbocycles. The Morgan fingerprint density at radius 1 is 1.04 bits per heavy atom. The summed E-state index contributed by atoms with van der Waals surface area (Å²) in [7, 11) is 1.57. The van der Waals surface area contributed by atoms with Gasteiger partial charge in [-0.25, -0.2) is 0 Å². The number of hydrogen-bond donors (Lipinski definition) is 3. The van der Waals surface area contributed by atoms with Gasteiger partial charge in [0, 0.05) is 29.0 Å². The van der Waals surface area contributed by atoms with Crippen LogP contribution in [0.4, 0.5) is 11.4 Å². The third-order valence-electron chi connectivity index (χ3n) is 3.35. The summed E-state index contributed by atoms with van der Waals surface area (Å²) < 4.78 is 5.12. The zero-order chi connectivity index (χ0) is 18.2. The largest absolute Gasteiger partial charge is 0.497 e. The van der Waals surface area contributed by atoms with Crippen molar-refractivity contribution in [3.05, 3.63) is 54.1 Å². The lowest BCUT2D eigenvalue weighted by Crippen LogP contribution is -2.30. The summed E-state index contributed by atoms with van der Waals surface area (Å²) in [6.07, 6.45) is 0. The van der Waals surface area contributed by atoms with E-state index in [1.54, 1.807) is 43.5 Å². The lowest BCUT2D eigenvalue weighted by molar-refractivity contribution is -0.114. The number of carbonyl (C=O) groups is 2. The van der Waals surface area contributed by atoms with Crippen molar-refractivity contribution in [2.45, 2.75) is 19.9 Å². The van der Waals surface area contributed by atoms with Gasteiger partial charge in [0.15, 0.2) is 0 Å². The molecule has 0 fully saturated rings. The molecule has 2 aromatic rings. The van der Waals surface area contributed by atoms with Crippen LogP contribution in [0.3, 0.4) is 0 Å². The van der Waals surface area contributed by atoms with Crippen LogP contribution in [-0.4, -0.2) is 31.5 Å². The molecule has 2 rings (SSSR count). The molecule has 0 radical (unpaired) electrons. The van der Waals surface area contributed by atoms with E-state index in [0.29, 0.717) is 22.7 Å². The van der Waals surface area contributed by atoms with Gasteiger partial charge in [0.2, 0.25) is 5.91 Å². The monoisotopic (exact) mass is 341 g/mol. The van der Waals surface area contributed by atoms with E-state index in [-0.39, 0.29) is 24.4 Å². The van der Waals surface area contributed by atoms with Crippen LogP contribution in [0.15, 0.2) is 48.5 Å². The summed E-state index contributed by atoms with van der Waals surface area (Å²) in [5.41, 5.74) is 1.92. The van der Waals surface area contributed by atoms with Crippen LogP contribution >= 0.6 is 0 Å². The van der Waals surface area contributed by atoms with E-state index in [2.05, 4.69) is 16.0 Å². The second-order valence-corrected chi connectivity index (χ2v) is 5.84. The molecule has 2 amide bonds. The Balaban J connectivity index is 1.92. The average molecular weight is 341 g/mol. The average Bonchev–Trinajstić information content (AvgIpc) is 2.60. The van der Waals surface area contributed by atoms with Crippen molar-refractivity contribution in [1.82, 2.24) is 5.32 Å². The van der Waals surface area contributed by atoms with E-state index in [1.165, 1.54) is 0 Å². The third kappa shape index (κ3) is 5.84. The number of carbonyl (C=O) groups excluding carboxylic acids is 2. The maximum absolute atomic E-state index is 12.1. The van der Waals surface area contributed by atoms with Crippen LogP contribution in [0.5, 0.6) is 5.75 Å². The van der Waals surface area contributed by atoms with Crippen LogP contribution in [-0.2, 0) is 4.79 Å². The Morgan fingerprint density at radius 3 is 2.48 bits per heavy atom. The molecular formula is C19H23N3O3. The highest BCUT2D eigenvalue weighted by Crippen LogP contribution is 2.16. The van der Waals surface area contributed by atoms with Crippen molar-refractivity contribution < 1.29 is 14.3 Å². The van der Waals surface area contributed by atoms with Gasteiger partial charge in [-0.3, -0.25) is 9.59 Å². The van der Waals surface area contributed by atoms with Crippen LogP contribution in [0.1, 0.15) is 24.2 Å². The van der Waals surface area contributed by atoms with E-state index >= 15 is 0 Å². The van der Waals surface area contributed by atoms with Gasteiger partial charge in [0.25, 0.3) is 5.91 Å². The molecule has 25 heavy (non-hydrogen) atoms. The number of methoxy groups -OCH3 is 1. The van der Waals surface area contributed by atoms with Crippen molar-refractivity contribution in [2.24, 2.45) is 0 Å². The molecule has 0 atom stereocenters. The summed E-state index contributed by atoms with van der Waals surface area (Å²) in [6, 6.07) is 14.3. The number of amides is 2. The maximum Gasteiger partial charge on any atom is 0.251 e. The Morgan fingerprint density at radius 2 is 1.76 bits per heavy atom. The fraction of sp³-hybridized carbons (Fsp3) is 0.263. The van der Waals surface area contributed by atoms with Gasteiger partial charge in [-0.15, -0.1) is 0 Å². The molecule has 0 saturated heterocycles. The van der Waals surface area contributed by atoms with Crippen molar-refractivity contribution in [3.63, 3.8) is 0 Å². The van der Waals surface area contributed by atoms with Gasteiger partial charge in [0.05, 0.1) is 13.7 Å². The smallest absolute Gasteiger partial charge is 0.251 e. The second-order valence-electron chi connectivity index (χ2n) is 5.84. The molecule has 0 aromatic heterocycles. The number of benzene rings is 2. The number of ether oxygens (including phenoxy) is 1. The first kappa shape index (κ1) is 18.3. The van der Waals surface area contributed by atoms with Gasteiger partial charge in [0.1, 0.15) is 5.75 Å². The summed E-state index contributed by atoms with van der Waals surface area (Å²) in [6.45, 7) is 3.90. The van der Waals surface area contributed by atoms with Crippen LogP contribution in [0.25, 0.3) is 0 Å². The van der Waals surface area contributed by atoms with Crippen molar-refractivity contribution >= 4 is 23.2 Å². The third-order valence-corrected chi connectivity index (χ3v) is 3.35. The first-order chi connectivity index (χ1) is 12.0. The highest BCUT2D eigenvalue weighted by atomic mass is 16.5. The highest BCUT2D eigenvalue weighted by Gasteiger charge is 2.08. The Bertz CT molecular complexity index is 744. The number of anilines is 2. The first-order valence-corrected chi connectivity index (χ1v) is 8.06. The van der Waals surface area contributed by atoms with Crippen LogP contribution < -0.4 is 20.7 Å². The van der Waals surface area contributed by atoms with E-state index in [9.17, 15) is 9.59 Å². The predicted octanol–water partition coefficient (Wildman–Crippen LogP) is 2.88. The first-order valence-electron chi connectivity index (χ1n) is 8.06. The quantitative estimate of drug-likeness (QED) is 0.723. The molecule has 6 nitrogen and oxygen atoms in total. The Kier molecular flexibility index (Phi) is 6.39. The minimum atomic E-state index is -0.190. The topological polar surface area (TPSA) is 79.5 Å². The molecule has 0 bridgehead atoms. The summed E-state index contributed by atoms with van der Waals surface area (Å²) in [4.78, 5) is 24.1. The van der Waals surface area contributed by atoms with Gasteiger partial charge in [-0.2, -0.15) is 0 Å². The van der Waals surface area contributed by atoms with Crippen LogP contribution in [0.2, 0.25) is 0 Å². The zero-order valence-electron chi connectivity index (χ0n) is 14.6.